The van der Waals surface area contributed by atoms with Crippen molar-refractivity contribution in [2.24, 2.45) is 35.5 Å². The zero-order valence-corrected chi connectivity index (χ0v) is 14.7. The molecule has 8 unspecified atom stereocenters. The van der Waals surface area contributed by atoms with Gasteiger partial charge in [-0.1, -0.05) is 0 Å². The molecule has 24 heavy (non-hydrogen) atoms. The molecule has 4 heteroatoms. The molecule has 2 aliphatic heterocycles. The van der Waals surface area contributed by atoms with Crippen LogP contribution in [0, 0.1) is 35.5 Å². The Kier molecular flexibility index (Phi) is 4.59. The quantitative estimate of drug-likeness (QED) is 0.454. The van der Waals surface area contributed by atoms with Crippen LogP contribution in [-0.4, -0.2) is 51.8 Å². The molecule has 5 aliphatic rings. The van der Waals surface area contributed by atoms with Gasteiger partial charge in [-0.3, -0.25) is 0 Å². The number of rotatable bonds is 10. The molecule has 4 nitrogen and oxygen atoms in total. The van der Waals surface area contributed by atoms with Gasteiger partial charge in [0.25, 0.3) is 0 Å². The lowest BCUT2D eigenvalue weighted by Crippen LogP contribution is -2.28. The van der Waals surface area contributed by atoms with E-state index in [9.17, 15) is 0 Å². The van der Waals surface area contributed by atoms with Crippen molar-refractivity contribution >= 4 is 0 Å². The van der Waals surface area contributed by atoms with Crippen molar-refractivity contribution in [3.05, 3.63) is 0 Å². The molecule has 2 bridgehead atoms. The van der Waals surface area contributed by atoms with Crippen LogP contribution in [0.1, 0.15) is 38.5 Å². The van der Waals surface area contributed by atoms with Crippen molar-refractivity contribution in [3.8, 4) is 0 Å². The van der Waals surface area contributed by atoms with Gasteiger partial charge in [-0.15, -0.1) is 0 Å². The SMILES string of the molecule is C(CC1CC2CC1C1CCC(CCOCC3CO3)C21)OCC1CO1. The smallest absolute Gasteiger partial charge is 0.104 e. The first-order valence-corrected chi connectivity index (χ1v) is 10.3. The van der Waals surface area contributed by atoms with Gasteiger partial charge in [0.05, 0.1) is 26.4 Å². The molecule has 136 valence electrons. The van der Waals surface area contributed by atoms with Gasteiger partial charge >= 0.3 is 0 Å². The maximum absolute atomic E-state index is 5.81. The summed E-state index contributed by atoms with van der Waals surface area (Å²) in [6, 6.07) is 0. The van der Waals surface area contributed by atoms with Gasteiger partial charge < -0.3 is 18.9 Å². The highest BCUT2D eigenvalue weighted by Crippen LogP contribution is 2.63. The van der Waals surface area contributed by atoms with Crippen molar-refractivity contribution in [1.82, 2.24) is 0 Å². The molecular formula is C20H32O4. The highest BCUT2D eigenvalue weighted by atomic mass is 16.6. The topological polar surface area (TPSA) is 43.5 Å². The minimum Gasteiger partial charge on any atom is -0.379 e. The average molecular weight is 336 g/mol. The van der Waals surface area contributed by atoms with Crippen molar-refractivity contribution in [1.29, 1.82) is 0 Å². The van der Waals surface area contributed by atoms with Gasteiger partial charge in [-0.05, 0) is 74.0 Å². The van der Waals surface area contributed by atoms with Gasteiger partial charge in [0.2, 0.25) is 0 Å². The molecule has 2 heterocycles. The number of ether oxygens (including phenoxy) is 4. The Balaban J connectivity index is 1.05. The molecule has 0 amide bonds. The zero-order valence-electron chi connectivity index (χ0n) is 14.7. The highest BCUT2D eigenvalue weighted by Gasteiger charge is 2.56. The van der Waals surface area contributed by atoms with Gasteiger partial charge in [0.15, 0.2) is 0 Å². The Labute approximate surface area is 145 Å². The van der Waals surface area contributed by atoms with E-state index in [1.54, 1.807) is 0 Å². The third-order valence-corrected chi connectivity index (χ3v) is 7.47. The summed E-state index contributed by atoms with van der Waals surface area (Å²) in [5.74, 6) is 5.94. The molecule has 2 saturated heterocycles. The molecular weight excluding hydrogens is 304 g/mol. The van der Waals surface area contributed by atoms with E-state index in [1.807, 2.05) is 0 Å². The molecule has 3 saturated carbocycles. The molecule has 0 N–H and O–H groups in total. The number of hydrogen-bond donors (Lipinski definition) is 0. The summed E-state index contributed by atoms with van der Waals surface area (Å²) in [5, 5.41) is 0. The molecule has 0 spiro atoms. The average Bonchev–Trinajstić information content (AvgIpc) is 3.48. The summed E-state index contributed by atoms with van der Waals surface area (Å²) >= 11 is 0. The first kappa shape index (κ1) is 16.0. The number of hydrogen-bond acceptors (Lipinski definition) is 4. The van der Waals surface area contributed by atoms with E-state index >= 15 is 0 Å². The van der Waals surface area contributed by atoms with E-state index in [1.165, 1.54) is 38.5 Å². The number of epoxide rings is 2. The summed E-state index contributed by atoms with van der Waals surface area (Å²) in [4.78, 5) is 0. The normalized spacial score (nSPS) is 48.0. The van der Waals surface area contributed by atoms with Crippen molar-refractivity contribution < 1.29 is 18.9 Å². The Morgan fingerprint density at radius 3 is 2.08 bits per heavy atom. The minimum atomic E-state index is 0.415. The maximum Gasteiger partial charge on any atom is 0.104 e. The first-order chi connectivity index (χ1) is 11.9. The molecule has 0 radical (unpaired) electrons. The van der Waals surface area contributed by atoms with Crippen LogP contribution in [0.4, 0.5) is 0 Å². The standard InChI is InChI=1S/C20H32O4/c1-2-18-19-8-15(7-14(19)4-6-22-10-17-12-24-17)20(18)13(1)3-5-21-9-16-11-23-16/h13-20H,1-12H2. The van der Waals surface area contributed by atoms with Crippen LogP contribution in [-0.2, 0) is 18.9 Å². The monoisotopic (exact) mass is 336 g/mol. The summed E-state index contributed by atoms with van der Waals surface area (Å²) in [7, 11) is 0. The summed E-state index contributed by atoms with van der Waals surface area (Å²) < 4.78 is 22.0. The van der Waals surface area contributed by atoms with Gasteiger partial charge in [0.1, 0.15) is 12.2 Å². The fourth-order valence-corrected chi connectivity index (χ4v) is 6.31. The molecule has 0 aromatic carbocycles. The fourth-order valence-electron chi connectivity index (χ4n) is 6.31. The molecule has 5 rings (SSSR count). The van der Waals surface area contributed by atoms with Crippen LogP contribution in [0.15, 0.2) is 0 Å². The fraction of sp³-hybridized carbons (Fsp3) is 1.00. The predicted octanol–water partition coefficient (Wildman–Crippen LogP) is 2.90. The maximum atomic E-state index is 5.81. The van der Waals surface area contributed by atoms with Crippen molar-refractivity contribution in [2.45, 2.75) is 50.7 Å². The first-order valence-electron chi connectivity index (χ1n) is 10.3. The summed E-state index contributed by atoms with van der Waals surface area (Å²) in [5.41, 5.74) is 0. The van der Waals surface area contributed by atoms with E-state index in [2.05, 4.69) is 0 Å². The second-order valence-corrected chi connectivity index (χ2v) is 8.87. The van der Waals surface area contributed by atoms with E-state index < -0.39 is 0 Å². The molecule has 8 atom stereocenters. The molecule has 0 aromatic heterocycles. The Bertz CT molecular complexity index is 433. The molecule has 3 aliphatic carbocycles. The Morgan fingerprint density at radius 1 is 0.750 bits per heavy atom. The van der Waals surface area contributed by atoms with Crippen LogP contribution >= 0.6 is 0 Å². The second-order valence-electron chi connectivity index (χ2n) is 8.87. The molecule has 5 fully saturated rings. The van der Waals surface area contributed by atoms with E-state index in [0.29, 0.717) is 12.2 Å². The summed E-state index contributed by atoms with van der Waals surface area (Å²) in [6.45, 7) is 5.37. The molecule has 0 aromatic rings. The third-order valence-electron chi connectivity index (χ3n) is 7.47. The van der Waals surface area contributed by atoms with Crippen LogP contribution in [0.5, 0.6) is 0 Å². The van der Waals surface area contributed by atoms with Gasteiger partial charge in [0, 0.05) is 13.2 Å². The van der Waals surface area contributed by atoms with Gasteiger partial charge in [-0.2, -0.15) is 0 Å². The van der Waals surface area contributed by atoms with Crippen LogP contribution in [0.25, 0.3) is 0 Å². The lowest BCUT2D eigenvalue weighted by molar-refractivity contribution is 0.0714. The predicted molar refractivity (Wildman–Crippen MR) is 89.8 cm³/mol. The highest BCUT2D eigenvalue weighted by molar-refractivity contribution is 5.05. The van der Waals surface area contributed by atoms with E-state index in [0.717, 1.165) is 75.1 Å². The van der Waals surface area contributed by atoms with Crippen molar-refractivity contribution in [2.75, 3.05) is 39.6 Å². The van der Waals surface area contributed by atoms with Crippen LogP contribution < -0.4 is 0 Å². The Hall–Kier alpha value is -0.160. The lowest BCUT2D eigenvalue weighted by Gasteiger charge is -2.34. The van der Waals surface area contributed by atoms with Crippen molar-refractivity contribution in [3.63, 3.8) is 0 Å². The number of fused-ring (bicyclic) bond motifs is 5. The minimum absolute atomic E-state index is 0.415. The van der Waals surface area contributed by atoms with Crippen LogP contribution in [0.2, 0.25) is 0 Å². The van der Waals surface area contributed by atoms with Crippen LogP contribution in [0.3, 0.4) is 0 Å². The van der Waals surface area contributed by atoms with Gasteiger partial charge in [-0.25, -0.2) is 0 Å². The summed E-state index contributed by atoms with van der Waals surface area (Å²) in [6.07, 6.45) is 9.32. The third kappa shape index (κ3) is 3.40. The zero-order chi connectivity index (χ0) is 15.9. The largest absolute Gasteiger partial charge is 0.379 e. The van der Waals surface area contributed by atoms with E-state index in [-0.39, 0.29) is 0 Å². The Morgan fingerprint density at radius 2 is 1.42 bits per heavy atom. The lowest BCUT2D eigenvalue weighted by atomic mass is 9.72. The second kappa shape index (κ2) is 6.86. The van der Waals surface area contributed by atoms with E-state index in [4.69, 9.17) is 18.9 Å².